The molecule has 0 radical (unpaired) electrons. The van der Waals surface area contributed by atoms with Gasteiger partial charge in [0.15, 0.2) is 0 Å². The highest BCUT2D eigenvalue weighted by atomic mass is 16.5. The fourth-order valence-electron chi connectivity index (χ4n) is 4.53. The van der Waals surface area contributed by atoms with Gasteiger partial charge in [-0.25, -0.2) is 4.79 Å². The summed E-state index contributed by atoms with van der Waals surface area (Å²) < 4.78 is 5.79. The highest BCUT2D eigenvalue weighted by molar-refractivity contribution is 5.75. The smallest absolute Gasteiger partial charge is 0.317 e. The van der Waals surface area contributed by atoms with Crippen molar-refractivity contribution in [3.8, 4) is 0 Å². The van der Waals surface area contributed by atoms with Crippen LogP contribution >= 0.6 is 0 Å². The summed E-state index contributed by atoms with van der Waals surface area (Å²) in [7, 11) is 0. The molecule has 1 aromatic rings. The Morgan fingerprint density at radius 2 is 1.88 bits per heavy atom. The van der Waals surface area contributed by atoms with Gasteiger partial charge in [0.1, 0.15) is 6.23 Å². The molecule has 24 heavy (non-hydrogen) atoms. The van der Waals surface area contributed by atoms with E-state index in [0.717, 1.165) is 51.9 Å². The highest BCUT2D eigenvalue weighted by Gasteiger charge is 2.42. The Bertz CT molecular complexity index is 557. The van der Waals surface area contributed by atoms with Gasteiger partial charge in [0, 0.05) is 25.1 Å². The van der Waals surface area contributed by atoms with Crippen LogP contribution in [0.25, 0.3) is 0 Å². The Hall–Kier alpha value is -1.59. The van der Waals surface area contributed by atoms with Crippen molar-refractivity contribution in [2.24, 2.45) is 11.8 Å². The van der Waals surface area contributed by atoms with Crippen molar-refractivity contribution < 1.29 is 9.53 Å². The Morgan fingerprint density at radius 1 is 1.08 bits per heavy atom. The number of piperidine rings is 1. The maximum absolute atomic E-state index is 12.0. The van der Waals surface area contributed by atoms with Crippen molar-refractivity contribution in [2.45, 2.75) is 44.5 Å². The lowest BCUT2D eigenvalue weighted by molar-refractivity contribution is -0.0707. The van der Waals surface area contributed by atoms with Gasteiger partial charge in [-0.05, 0) is 50.3 Å². The molecule has 3 fully saturated rings. The molecular formula is C19H27N3O2. The van der Waals surface area contributed by atoms with Gasteiger partial charge >= 0.3 is 6.03 Å². The largest absolute Gasteiger partial charge is 0.358 e. The Morgan fingerprint density at radius 3 is 2.67 bits per heavy atom. The zero-order valence-corrected chi connectivity index (χ0v) is 14.1. The SMILES string of the molecule is O=C1N[C@H]2OCCC[C@H]2[C@H](C2CCN(Cc3ccccc3)CC2)N1. The first-order chi connectivity index (χ1) is 11.8. The number of nitrogens with one attached hydrogen (secondary N) is 2. The molecule has 0 saturated carbocycles. The van der Waals surface area contributed by atoms with Crippen LogP contribution in [0, 0.1) is 11.8 Å². The molecule has 5 nitrogen and oxygen atoms in total. The van der Waals surface area contributed by atoms with E-state index in [1.165, 1.54) is 5.56 Å². The van der Waals surface area contributed by atoms with Crippen LogP contribution < -0.4 is 10.6 Å². The number of hydrogen-bond donors (Lipinski definition) is 2. The van der Waals surface area contributed by atoms with Gasteiger partial charge in [-0.1, -0.05) is 30.3 Å². The Kier molecular flexibility index (Phi) is 4.72. The van der Waals surface area contributed by atoms with Gasteiger partial charge in [-0.15, -0.1) is 0 Å². The van der Waals surface area contributed by atoms with Gasteiger partial charge in [0.05, 0.1) is 0 Å². The molecule has 3 heterocycles. The number of rotatable bonds is 3. The first kappa shape index (κ1) is 15.9. The van der Waals surface area contributed by atoms with Crippen LogP contribution in [0.15, 0.2) is 30.3 Å². The molecule has 3 saturated heterocycles. The number of amides is 2. The molecule has 3 aliphatic rings. The second-order valence-corrected chi connectivity index (χ2v) is 7.34. The lowest BCUT2D eigenvalue weighted by Gasteiger charge is -2.46. The van der Waals surface area contributed by atoms with Crippen LogP contribution in [0.5, 0.6) is 0 Å². The Balaban J connectivity index is 1.35. The predicted octanol–water partition coefficient (Wildman–Crippen LogP) is 2.33. The molecule has 3 aliphatic heterocycles. The van der Waals surface area contributed by atoms with Crippen LogP contribution in [0.1, 0.15) is 31.2 Å². The Labute approximate surface area is 143 Å². The molecule has 0 spiro atoms. The topological polar surface area (TPSA) is 53.6 Å². The fourth-order valence-corrected chi connectivity index (χ4v) is 4.53. The number of ether oxygens (including phenoxy) is 1. The first-order valence-electron chi connectivity index (χ1n) is 9.24. The summed E-state index contributed by atoms with van der Waals surface area (Å²) in [6, 6.07) is 10.9. The van der Waals surface area contributed by atoms with Gasteiger partial charge < -0.3 is 15.4 Å². The zero-order valence-electron chi connectivity index (χ0n) is 14.1. The van der Waals surface area contributed by atoms with Crippen molar-refractivity contribution >= 4 is 6.03 Å². The van der Waals surface area contributed by atoms with Crippen molar-refractivity contribution in [3.63, 3.8) is 0 Å². The molecule has 130 valence electrons. The normalized spacial score (nSPS) is 31.8. The summed E-state index contributed by atoms with van der Waals surface area (Å²) in [6.45, 7) is 4.01. The van der Waals surface area contributed by atoms with Crippen LogP contribution in [-0.2, 0) is 11.3 Å². The molecule has 0 unspecified atom stereocenters. The molecule has 5 heteroatoms. The van der Waals surface area contributed by atoms with E-state index in [0.29, 0.717) is 11.8 Å². The van der Waals surface area contributed by atoms with E-state index >= 15 is 0 Å². The summed E-state index contributed by atoms with van der Waals surface area (Å²) in [5.41, 5.74) is 1.38. The van der Waals surface area contributed by atoms with Gasteiger partial charge in [-0.3, -0.25) is 4.90 Å². The zero-order chi connectivity index (χ0) is 16.4. The highest BCUT2D eigenvalue weighted by Crippen LogP contribution is 2.33. The van der Waals surface area contributed by atoms with Crippen molar-refractivity contribution in [2.75, 3.05) is 19.7 Å². The number of likely N-dealkylation sites (tertiary alicyclic amines) is 1. The van der Waals surface area contributed by atoms with E-state index in [1.54, 1.807) is 0 Å². The third kappa shape index (κ3) is 3.42. The standard InChI is InChI=1S/C19H27N3O2/c23-19-20-17(16-7-4-12-24-18(16)21-19)15-8-10-22(11-9-15)13-14-5-2-1-3-6-14/h1-3,5-6,15-18H,4,7-13H2,(H2,20,21,23)/t16-,17-,18-/m0/s1. The maximum Gasteiger partial charge on any atom is 0.317 e. The summed E-state index contributed by atoms with van der Waals surface area (Å²) in [5.74, 6) is 0.986. The third-order valence-electron chi connectivity index (χ3n) is 5.79. The quantitative estimate of drug-likeness (QED) is 0.895. The number of fused-ring (bicyclic) bond motifs is 1. The van der Waals surface area contributed by atoms with Gasteiger partial charge in [-0.2, -0.15) is 0 Å². The number of nitrogens with zero attached hydrogens (tertiary/aromatic N) is 1. The molecule has 1 aromatic carbocycles. The average molecular weight is 329 g/mol. The molecule has 2 amide bonds. The van der Waals surface area contributed by atoms with Crippen molar-refractivity contribution in [3.05, 3.63) is 35.9 Å². The van der Waals surface area contributed by atoms with Crippen molar-refractivity contribution in [1.29, 1.82) is 0 Å². The maximum atomic E-state index is 12.0. The summed E-state index contributed by atoms with van der Waals surface area (Å²) in [5, 5.41) is 6.15. The minimum Gasteiger partial charge on any atom is -0.358 e. The second kappa shape index (κ2) is 7.11. The third-order valence-corrected chi connectivity index (χ3v) is 5.79. The predicted molar refractivity (Wildman–Crippen MR) is 92.4 cm³/mol. The monoisotopic (exact) mass is 329 g/mol. The number of hydrogen-bond acceptors (Lipinski definition) is 3. The van der Waals surface area contributed by atoms with E-state index in [2.05, 4.69) is 45.9 Å². The average Bonchev–Trinajstić information content (AvgIpc) is 2.62. The van der Waals surface area contributed by atoms with Crippen LogP contribution in [0.3, 0.4) is 0 Å². The van der Waals surface area contributed by atoms with Gasteiger partial charge in [0.2, 0.25) is 0 Å². The lowest BCUT2D eigenvalue weighted by Crippen LogP contribution is -2.64. The summed E-state index contributed by atoms with van der Waals surface area (Å²) in [6.07, 6.45) is 4.47. The van der Waals surface area contributed by atoms with E-state index < -0.39 is 0 Å². The first-order valence-corrected chi connectivity index (χ1v) is 9.24. The minimum absolute atomic E-state index is 0.0603. The molecule has 2 N–H and O–H groups in total. The van der Waals surface area contributed by atoms with E-state index in [4.69, 9.17) is 4.74 Å². The van der Waals surface area contributed by atoms with E-state index in [1.807, 2.05) is 0 Å². The van der Waals surface area contributed by atoms with Crippen LogP contribution in [0.2, 0.25) is 0 Å². The number of benzene rings is 1. The molecule has 0 aliphatic carbocycles. The molecule has 3 atom stereocenters. The number of urea groups is 1. The molecular weight excluding hydrogens is 302 g/mol. The second-order valence-electron chi connectivity index (χ2n) is 7.34. The van der Waals surface area contributed by atoms with Crippen LogP contribution in [-0.4, -0.2) is 42.9 Å². The lowest BCUT2D eigenvalue weighted by atomic mass is 9.77. The molecule has 0 aromatic heterocycles. The van der Waals surface area contributed by atoms with E-state index in [9.17, 15) is 4.79 Å². The van der Waals surface area contributed by atoms with Crippen LogP contribution in [0.4, 0.5) is 4.79 Å². The van der Waals surface area contributed by atoms with Gasteiger partial charge in [0.25, 0.3) is 0 Å². The minimum atomic E-state index is -0.0835. The van der Waals surface area contributed by atoms with Crippen molar-refractivity contribution in [1.82, 2.24) is 15.5 Å². The molecule has 4 rings (SSSR count). The summed E-state index contributed by atoms with van der Waals surface area (Å²) in [4.78, 5) is 14.5. The summed E-state index contributed by atoms with van der Waals surface area (Å²) >= 11 is 0. The van der Waals surface area contributed by atoms with E-state index in [-0.39, 0.29) is 18.3 Å². The number of carbonyl (C=O) groups excluding carboxylic acids is 1. The molecule has 0 bridgehead atoms. The fraction of sp³-hybridized carbons (Fsp3) is 0.632. The number of carbonyl (C=O) groups is 1.